The number of nitro benzene ring substituents is 1. The summed E-state index contributed by atoms with van der Waals surface area (Å²) in [5, 5.41) is 11.0. The number of benzene rings is 2. The van der Waals surface area contributed by atoms with Crippen molar-refractivity contribution in [3.8, 4) is 0 Å². The molecule has 144 valence electrons. The highest BCUT2D eigenvalue weighted by Crippen LogP contribution is 2.27. The molecule has 2 aromatic rings. The van der Waals surface area contributed by atoms with Gasteiger partial charge in [-0.1, -0.05) is 12.1 Å². The maximum absolute atomic E-state index is 13.2. The molecule has 0 aliphatic carbocycles. The van der Waals surface area contributed by atoms with Crippen LogP contribution in [-0.4, -0.2) is 32.5 Å². The first-order valence-corrected chi connectivity index (χ1v) is 9.60. The third-order valence-corrected chi connectivity index (χ3v) is 5.46. The summed E-state index contributed by atoms with van der Waals surface area (Å²) < 4.78 is 32.1. The number of anilines is 1. The van der Waals surface area contributed by atoms with Crippen LogP contribution in [-0.2, 0) is 19.6 Å². The molecular weight excluding hydrogens is 372 g/mol. The van der Waals surface area contributed by atoms with E-state index in [1.54, 1.807) is 32.9 Å². The van der Waals surface area contributed by atoms with Crippen LogP contribution < -0.4 is 4.31 Å². The molecule has 8 nitrogen and oxygen atoms in total. The smallest absolute Gasteiger partial charge is 0.326 e. The van der Waals surface area contributed by atoms with E-state index in [-0.39, 0.29) is 22.9 Å². The average Bonchev–Trinajstić information content (AvgIpc) is 2.59. The van der Waals surface area contributed by atoms with Crippen LogP contribution in [0.3, 0.4) is 0 Å². The largest absolute Gasteiger partial charge is 0.465 e. The zero-order chi connectivity index (χ0) is 20.2. The van der Waals surface area contributed by atoms with Crippen molar-refractivity contribution >= 4 is 27.4 Å². The van der Waals surface area contributed by atoms with Gasteiger partial charge in [-0.2, -0.15) is 0 Å². The second-order valence-corrected chi connectivity index (χ2v) is 7.78. The molecule has 2 aromatic carbocycles. The van der Waals surface area contributed by atoms with Crippen molar-refractivity contribution in [1.29, 1.82) is 0 Å². The van der Waals surface area contributed by atoms with Crippen LogP contribution in [0.5, 0.6) is 0 Å². The van der Waals surface area contributed by atoms with E-state index in [4.69, 9.17) is 4.74 Å². The molecule has 0 atom stereocenters. The number of nitro groups is 1. The minimum Gasteiger partial charge on any atom is -0.465 e. The van der Waals surface area contributed by atoms with E-state index < -0.39 is 27.5 Å². The van der Waals surface area contributed by atoms with Gasteiger partial charge in [-0.25, -0.2) is 8.42 Å². The molecule has 0 N–H and O–H groups in total. The lowest BCUT2D eigenvalue weighted by atomic mass is 10.1. The van der Waals surface area contributed by atoms with E-state index >= 15 is 0 Å². The van der Waals surface area contributed by atoms with Gasteiger partial charge in [0.05, 0.1) is 22.1 Å². The van der Waals surface area contributed by atoms with Gasteiger partial charge in [0.2, 0.25) is 0 Å². The van der Waals surface area contributed by atoms with E-state index in [2.05, 4.69) is 0 Å². The summed E-state index contributed by atoms with van der Waals surface area (Å²) in [5.74, 6) is -0.717. The van der Waals surface area contributed by atoms with Crippen molar-refractivity contribution in [2.75, 3.05) is 17.5 Å². The zero-order valence-corrected chi connectivity index (χ0v) is 16.0. The van der Waals surface area contributed by atoms with E-state index in [9.17, 15) is 23.3 Å². The van der Waals surface area contributed by atoms with Gasteiger partial charge in [-0.05, 0) is 50.1 Å². The monoisotopic (exact) mass is 392 g/mol. The van der Waals surface area contributed by atoms with Gasteiger partial charge < -0.3 is 4.74 Å². The first-order valence-electron chi connectivity index (χ1n) is 8.16. The van der Waals surface area contributed by atoms with Crippen LogP contribution in [0.25, 0.3) is 0 Å². The van der Waals surface area contributed by atoms with E-state index in [1.807, 2.05) is 6.07 Å². The molecule has 0 fully saturated rings. The summed E-state index contributed by atoms with van der Waals surface area (Å²) >= 11 is 0. The molecule has 0 unspecified atom stereocenters. The quantitative estimate of drug-likeness (QED) is 0.407. The summed E-state index contributed by atoms with van der Waals surface area (Å²) in [4.78, 5) is 22.1. The van der Waals surface area contributed by atoms with Gasteiger partial charge in [0, 0.05) is 12.1 Å². The highest BCUT2D eigenvalue weighted by Gasteiger charge is 2.29. The fourth-order valence-corrected chi connectivity index (χ4v) is 4.05. The van der Waals surface area contributed by atoms with Crippen LogP contribution >= 0.6 is 0 Å². The minimum absolute atomic E-state index is 0.108. The molecule has 2 rings (SSSR count). The Morgan fingerprint density at radius 3 is 2.33 bits per heavy atom. The third kappa shape index (κ3) is 4.82. The van der Waals surface area contributed by atoms with Gasteiger partial charge in [0.15, 0.2) is 0 Å². The highest BCUT2D eigenvalue weighted by atomic mass is 32.2. The molecule has 0 saturated carbocycles. The summed E-state index contributed by atoms with van der Waals surface area (Å²) in [6.45, 7) is 4.80. The predicted molar refractivity (Wildman–Crippen MR) is 100 cm³/mol. The first kappa shape index (κ1) is 20.4. The van der Waals surface area contributed by atoms with Crippen LogP contribution in [0, 0.1) is 24.0 Å². The molecule has 0 aliphatic rings. The van der Waals surface area contributed by atoms with E-state index in [0.717, 1.165) is 21.5 Å². The van der Waals surface area contributed by atoms with Crippen molar-refractivity contribution < 1.29 is 22.9 Å². The first-order chi connectivity index (χ1) is 12.6. The summed E-state index contributed by atoms with van der Waals surface area (Å²) in [5.41, 5.74) is 1.56. The number of hydrogen-bond acceptors (Lipinski definition) is 6. The number of rotatable bonds is 7. The SMILES string of the molecule is CCOC(=O)CN(c1cc(C)cc(C)c1)S(=O)(=O)c1cccc([N+](=O)[O-])c1. The standard InChI is InChI=1S/C18H20N2O6S/c1-4-26-18(21)12-19(16-9-13(2)8-14(3)10-16)27(24,25)17-7-5-6-15(11-17)20(22)23/h5-11H,4,12H2,1-3H3. The second kappa shape index (κ2) is 8.17. The maximum atomic E-state index is 13.2. The Morgan fingerprint density at radius 1 is 1.15 bits per heavy atom. The Morgan fingerprint density at radius 2 is 1.78 bits per heavy atom. The number of nitrogens with zero attached hydrogens (tertiary/aromatic N) is 2. The fourth-order valence-electron chi connectivity index (χ4n) is 2.62. The van der Waals surface area contributed by atoms with Crippen molar-refractivity contribution in [2.24, 2.45) is 0 Å². The Labute approximate surface area is 157 Å². The van der Waals surface area contributed by atoms with Crippen LogP contribution in [0.4, 0.5) is 11.4 Å². The molecule has 0 aromatic heterocycles. The molecule has 9 heteroatoms. The molecule has 0 amide bonds. The van der Waals surface area contributed by atoms with Crippen LogP contribution in [0.2, 0.25) is 0 Å². The number of sulfonamides is 1. The molecule has 0 saturated heterocycles. The topological polar surface area (TPSA) is 107 Å². The van der Waals surface area contributed by atoms with Gasteiger partial charge in [-0.15, -0.1) is 0 Å². The molecule has 0 aliphatic heterocycles. The Bertz CT molecular complexity index is 951. The molecule has 0 radical (unpaired) electrons. The number of carbonyl (C=O) groups excluding carboxylic acids is 1. The van der Waals surface area contributed by atoms with Crippen LogP contribution in [0.1, 0.15) is 18.1 Å². The molecule has 0 bridgehead atoms. The number of esters is 1. The number of carbonyl (C=O) groups is 1. The Kier molecular flexibility index (Phi) is 6.17. The summed E-state index contributed by atoms with van der Waals surface area (Å²) in [6, 6.07) is 9.83. The third-order valence-electron chi connectivity index (χ3n) is 3.69. The molecule has 0 heterocycles. The predicted octanol–water partition coefficient (Wildman–Crippen LogP) is 2.97. The number of ether oxygens (including phenoxy) is 1. The van der Waals surface area contributed by atoms with Gasteiger partial charge in [0.25, 0.3) is 15.7 Å². The fraction of sp³-hybridized carbons (Fsp3) is 0.278. The summed E-state index contributed by atoms with van der Waals surface area (Å²) in [7, 11) is -4.23. The van der Waals surface area contributed by atoms with Crippen molar-refractivity contribution in [3.63, 3.8) is 0 Å². The summed E-state index contributed by atoms with van der Waals surface area (Å²) in [6.07, 6.45) is 0. The average molecular weight is 392 g/mol. The van der Waals surface area contributed by atoms with Crippen LogP contribution in [0.15, 0.2) is 47.4 Å². The second-order valence-electron chi connectivity index (χ2n) is 5.92. The maximum Gasteiger partial charge on any atom is 0.326 e. The lowest BCUT2D eigenvalue weighted by molar-refractivity contribution is -0.385. The molecular formula is C18H20N2O6S. The van der Waals surface area contributed by atoms with Gasteiger partial charge in [0.1, 0.15) is 6.54 Å². The molecule has 27 heavy (non-hydrogen) atoms. The number of non-ortho nitro benzene ring substituents is 1. The highest BCUT2D eigenvalue weighted by molar-refractivity contribution is 7.92. The number of aryl methyl sites for hydroxylation is 2. The van der Waals surface area contributed by atoms with E-state index in [0.29, 0.717) is 0 Å². The van der Waals surface area contributed by atoms with Gasteiger partial charge >= 0.3 is 5.97 Å². The molecule has 0 spiro atoms. The Balaban J connectivity index is 2.58. The van der Waals surface area contributed by atoms with Gasteiger partial charge in [-0.3, -0.25) is 19.2 Å². The van der Waals surface area contributed by atoms with Crippen molar-refractivity contribution in [3.05, 3.63) is 63.7 Å². The lowest BCUT2D eigenvalue weighted by Crippen LogP contribution is -2.36. The Hall–Kier alpha value is -2.94. The zero-order valence-electron chi connectivity index (χ0n) is 15.2. The van der Waals surface area contributed by atoms with E-state index in [1.165, 1.54) is 18.2 Å². The number of hydrogen-bond donors (Lipinski definition) is 0. The lowest BCUT2D eigenvalue weighted by Gasteiger charge is -2.24. The van der Waals surface area contributed by atoms with Crippen molar-refractivity contribution in [1.82, 2.24) is 0 Å². The minimum atomic E-state index is -4.23. The van der Waals surface area contributed by atoms with Crippen molar-refractivity contribution in [2.45, 2.75) is 25.7 Å². The normalized spacial score (nSPS) is 11.1.